The minimum Gasteiger partial charge on any atom is -0.449 e. The largest absolute Gasteiger partial charge is 0.449 e. The minimum absolute atomic E-state index is 0.0398. The maximum absolute atomic E-state index is 13.0. The van der Waals surface area contributed by atoms with E-state index in [0.717, 1.165) is 12.1 Å². The van der Waals surface area contributed by atoms with Gasteiger partial charge in [-0.1, -0.05) is 31.2 Å². The number of halogens is 3. The summed E-state index contributed by atoms with van der Waals surface area (Å²) in [7, 11) is -1.42. The normalized spacial score (nSPS) is 13.5. The van der Waals surface area contributed by atoms with E-state index >= 15 is 0 Å². The van der Waals surface area contributed by atoms with Crippen molar-refractivity contribution in [2.24, 2.45) is 0 Å². The van der Waals surface area contributed by atoms with Gasteiger partial charge in [-0.2, -0.15) is 13.2 Å². The van der Waals surface area contributed by atoms with Crippen LogP contribution in [0.4, 0.5) is 18.9 Å². The molecule has 150 valence electrons. The Kier molecular flexibility index (Phi) is 6.95. The van der Waals surface area contributed by atoms with E-state index < -0.39 is 46.2 Å². The predicted octanol–water partition coefficient (Wildman–Crippen LogP) is 4.02. The van der Waals surface area contributed by atoms with Crippen LogP contribution < -0.4 is 5.32 Å². The van der Waals surface area contributed by atoms with Gasteiger partial charge in [0.25, 0.3) is 5.91 Å². The van der Waals surface area contributed by atoms with Crippen molar-refractivity contribution in [1.82, 2.24) is 0 Å². The number of hydrogen-bond donors (Lipinski definition) is 1. The quantitative estimate of drug-likeness (QED) is 0.726. The number of carbonyl (C=O) groups excluding carboxylic acids is 2. The SMILES string of the molecule is CCS(=O)c1ccccc1C(=O)OC(C)C(=O)Nc1ccccc1C(F)(F)F. The number of rotatable bonds is 6. The molecule has 0 aromatic heterocycles. The molecule has 0 heterocycles. The molecule has 0 spiro atoms. The molecule has 1 amide bonds. The van der Waals surface area contributed by atoms with Gasteiger partial charge in [-0.15, -0.1) is 0 Å². The highest BCUT2D eigenvalue weighted by Gasteiger charge is 2.34. The van der Waals surface area contributed by atoms with Crippen LogP contribution in [0.3, 0.4) is 0 Å². The Bertz CT molecular complexity index is 899. The third kappa shape index (κ3) is 5.19. The summed E-state index contributed by atoms with van der Waals surface area (Å²) in [4.78, 5) is 24.8. The van der Waals surface area contributed by atoms with Gasteiger partial charge < -0.3 is 10.1 Å². The molecule has 28 heavy (non-hydrogen) atoms. The topological polar surface area (TPSA) is 72.5 Å². The number of para-hydroxylation sites is 1. The Labute approximate surface area is 162 Å². The number of nitrogens with one attached hydrogen (secondary N) is 1. The van der Waals surface area contributed by atoms with Gasteiger partial charge in [0.2, 0.25) is 0 Å². The first-order chi connectivity index (χ1) is 13.1. The first kappa shape index (κ1) is 21.6. The van der Waals surface area contributed by atoms with Crippen LogP contribution in [-0.2, 0) is 26.5 Å². The van der Waals surface area contributed by atoms with Crippen molar-refractivity contribution in [2.75, 3.05) is 11.1 Å². The van der Waals surface area contributed by atoms with E-state index in [1.54, 1.807) is 19.1 Å². The van der Waals surface area contributed by atoms with Crippen molar-refractivity contribution < 1.29 is 31.7 Å². The molecule has 2 unspecified atom stereocenters. The van der Waals surface area contributed by atoms with Gasteiger partial charge in [0, 0.05) is 5.75 Å². The van der Waals surface area contributed by atoms with Crippen molar-refractivity contribution in [2.45, 2.75) is 31.0 Å². The van der Waals surface area contributed by atoms with Gasteiger partial charge in [-0.3, -0.25) is 9.00 Å². The van der Waals surface area contributed by atoms with Gasteiger partial charge in [-0.05, 0) is 31.2 Å². The van der Waals surface area contributed by atoms with Crippen LogP contribution in [0.15, 0.2) is 53.4 Å². The standard InChI is InChI=1S/C19H18F3NO4S/c1-3-28(26)16-11-7-4-8-13(16)18(25)27-12(2)17(24)23-15-10-6-5-9-14(15)19(20,21)22/h4-12H,3H2,1-2H3,(H,23,24). The molecule has 9 heteroatoms. The van der Waals surface area contributed by atoms with E-state index in [4.69, 9.17) is 4.74 Å². The van der Waals surface area contributed by atoms with Gasteiger partial charge in [-0.25, -0.2) is 4.79 Å². The summed E-state index contributed by atoms with van der Waals surface area (Å²) in [5.41, 5.74) is -1.40. The maximum Gasteiger partial charge on any atom is 0.418 e. The van der Waals surface area contributed by atoms with Crippen molar-refractivity contribution in [3.8, 4) is 0 Å². The molecular weight excluding hydrogens is 395 g/mol. The number of hydrogen-bond acceptors (Lipinski definition) is 4. The van der Waals surface area contributed by atoms with E-state index in [1.807, 2.05) is 0 Å². The highest BCUT2D eigenvalue weighted by atomic mass is 32.2. The molecule has 0 aliphatic rings. The monoisotopic (exact) mass is 413 g/mol. The van der Waals surface area contributed by atoms with Crippen molar-refractivity contribution in [3.05, 3.63) is 59.7 Å². The van der Waals surface area contributed by atoms with Gasteiger partial charge in [0.1, 0.15) is 0 Å². The molecule has 2 atom stereocenters. The molecule has 0 aliphatic heterocycles. The highest BCUT2D eigenvalue weighted by molar-refractivity contribution is 7.85. The Balaban J connectivity index is 2.14. The van der Waals surface area contributed by atoms with Gasteiger partial charge >= 0.3 is 12.1 Å². The molecule has 2 aromatic carbocycles. The number of carbonyl (C=O) groups is 2. The van der Waals surface area contributed by atoms with Crippen LogP contribution in [0, 0.1) is 0 Å². The summed E-state index contributed by atoms with van der Waals surface area (Å²) < 4.78 is 56.2. The van der Waals surface area contributed by atoms with Crippen molar-refractivity contribution in [1.29, 1.82) is 0 Å². The summed E-state index contributed by atoms with van der Waals surface area (Å²) in [5, 5.41) is 2.13. The molecule has 5 nitrogen and oxygen atoms in total. The van der Waals surface area contributed by atoms with Crippen LogP contribution in [0.25, 0.3) is 0 Å². The summed E-state index contributed by atoms with van der Waals surface area (Å²) in [5.74, 6) is -1.52. The van der Waals surface area contributed by atoms with E-state index in [1.165, 1.54) is 31.2 Å². The Morgan fingerprint density at radius 3 is 2.36 bits per heavy atom. The van der Waals surface area contributed by atoms with Crippen LogP contribution in [0.5, 0.6) is 0 Å². The molecule has 0 saturated heterocycles. The second kappa shape index (κ2) is 9.01. The number of benzene rings is 2. The molecule has 1 N–H and O–H groups in total. The molecule has 2 aromatic rings. The number of amides is 1. The average molecular weight is 413 g/mol. The third-order valence-electron chi connectivity index (χ3n) is 3.76. The fourth-order valence-corrected chi connectivity index (χ4v) is 3.28. The lowest BCUT2D eigenvalue weighted by Gasteiger charge is -2.17. The van der Waals surface area contributed by atoms with Crippen molar-refractivity contribution >= 4 is 28.4 Å². The first-order valence-corrected chi connectivity index (χ1v) is 9.62. The Morgan fingerprint density at radius 2 is 1.71 bits per heavy atom. The predicted molar refractivity (Wildman–Crippen MR) is 98.3 cm³/mol. The zero-order chi connectivity index (χ0) is 20.9. The summed E-state index contributed by atoms with van der Waals surface area (Å²) in [6.07, 6.45) is -6.01. The number of ether oxygens (including phenoxy) is 1. The average Bonchev–Trinajstić information content (AvgIpc) is 2.66. The molecule has 0 fully saturated rings. The number of esters is 1. The highest BCUT2D eigenvalue weighted by Crippen LogP contribution is 2.34. The second-order valence-corrected chi connectivity index (χ2v) is 7.42. The Morgan fingerprint density at radius 1 is 1.11 bits per heavy atom. The molecule has 2 rings (SSSR count). The van der Waals surface area contributed by atoms with Gasteiger partial charge in [0.05, 0.1) is 32.5 Å². The Hall–Kier alpha value is -2.68. The second-order valence-electron chi connectivity index (χ2n) is 5.71. The first-order valence-electron chi connectivity index (χ1n) is 8.30. The lowest BCUT2D eigenvalue weighted by Crippen LogP contribution is -2.31. The summed E-state index contributed by atoms with van der Waals surface area (Å²) >= 11 is 0. The minimum atomic E-state index is -4.65. The smallest absolute Gasteiger partial charge is 0.418 e. The third-order valence-corrected chi connectivity index (χ3v) is 5.13. The van der Waals surface area contributed by atoms with E-state index in [9.17, 15) is 27.0 Å². The summed E-state index contributed by atoms with van der Waals surface area (Å²) in [6, 6.07) is 10.6. The van der Waals surface area contributed by atoms with E-state index in [-0.39, 0.29) is 16.2 Å². The fraction of sp³-hybridized carbons (Fsp3) is 0.263. The van der Waals surface area contributed by atoms with Crippen LogP contribution in [0.1, 0.15) is 29.8 Å². The number of alkyl halides is 3. The maximum atomic E-state index is 13.0. The van der Waals surface area contributed by atoms with Crippen LogP contribution in [-0.4, -0.2) is 27.9 Å². The molecule has 0 bridgehead atoms. The zero-order valence-electron chi connectivity index (χ0n) is 15.1. The van der Waals surface area contributed by atoms with E-state index in [0.29, 0.717) is 0 Å². The summed E-state index contributed by atoms with van der Waals surface area (Å²) in [6.45, 7) is 2.93. The number of anilines is 1. The fourth-order valence-electron chi connectivity index (χ4n) is 2.34. The van der Waals surface area contributed by atoms with Crippen molar-refractivity contribution in [3.63, 3.8) is 0 Å². The van der Waals surface area contributed by atoms with E-state index in [2.05, 4.69) is 5.32 Å². The lowest BCUT2D eigenvalue weighted by atomic mass is 10.1. The molecule has 0 saturated carbocycles. The molecular formula is C19H18F3NO4S. The molecule has 0 aliphatic carbocycles. The zero-order valence-corrected chi connectivity index (χ0v) is 15.9. The van der Waals surface area contributed by atoms with Crippen LogP contribution >= 0.6 is 0 Å². The van der Waals surface area contributed by atoms with Gasteiger partial charge in [0.15, 0.2) is 6.10 Å². The van der Waals surface area contributed by atoms with Crippen LogP contribution in [0.2, 0.25) is 0 Å². The lowest BCUT2D eigenvalue weighted by molar-refractivity contribution is -0.137. The molecule has 0 radical (unpaired) electrons.